The Kier molecular flexibility index (Phi) is 3.70. The molecule has 2 aliphatic heterocycles. The van der Waals surface area contributed by atoms with Crippen molar-refractivity contribution in [1.29, 1.82) is 0 Å². The molecule has 0 spiro atoms. The average Bonchev–Trinajstić information content (AvgIpc) is 2.57. The van der Waals surface area contributed by atoms with E-state index in [0.29, 0.717) is 12.0 Å². The molecular formula is C14H26N2O2. The average molecular weight is 254 g/mol. The molecule has 2 saturated heterocycles. The Bertz CT molecular complexity index is 326. The number of carbonyl (C=O) groups excluding carboxylic acids is 1. The molecule has 2 fully saturated rings. The first kappa shape index (κ1) is 13.8. The molecular weight excluding hydrogens is 228 g/mol. The van der Waals surface area contributed by atoms with Crippen molar-refractivity contribution in [2.24, 2.45) is 5.41 Å². The number of likely N-dealkylation sites (tertiary alicyclic amines) is 1. The quantitative estimate of drug-likeness (QED) is 0.746. The topological polar surface area (TPSA) is 32.8 Å². The van der Waals surface area contributed by atoms with Crippen LogP contribution in [-0.2, 0) is 9.53 Å². The predicted molar refractivity (Wildman–Crippen MR) is 71.4 cm³/mol. The minimum absolute atomic E-state index is 0.122. The van der Waals surface area contributed by atoms with Crippen molar-refractivity contribution in [2.45, 2.75) is 39.7 Å². The zero-order valence-corrected chi connectivity index (χ0v) is 12.2. The second-order valence-electron chi connectivity index (χ2n) is 7.05. The van der Waals surface area contributed by atoms with Crippen LogP contribution in [0.15, 0.2) is 0 Å². The maximum Gasteiger partial charge on any atom is 0.236 e. The first-order valence-electron chi connectivity index (χ1n) is 6.92. The number of morpholine rings is 1. The van der Waals surface area contributed by atoms with E-state index in [-0.39, 0.29) is 11.5 Å². The lowest BCUT2D eigenvalue weighted by molar-refractivity contribution is -0.136. The van der Waals surface area contributed by atoms with Gasteiger partial charge < -0.3 is 9.64 Å². The van der Waals surface area contributed by atoms with Crippen molar-refractivity contribution in [2.75, 3.05) is 39.3 Å². The van der Waals surface area contributed by atoms with E-state index in [1.165, 1.54) is 0 Å². The van der Waals surface area contributed by atoms with Gasteiger partial charge in [-0.3, -0.25) is 9.69 Å². The molecule has 0 aliphatic carbocycles. The third-order valence-electron chi connectivity index (χ3n) is 3.89. The van der Waals surface area contributed by atoms with Crippen molar-refractivity contribution in [3.63, 3.8) is 0 Å². The van der Waals surface area contributed by atoms with E-state index >= 15 is 0 Å². The summed E-state index contributed by atoms with van der Waals surface area (Å²) in [6, 6.07) is 0. The van der Waals surface area contributed by atoms with E-state index in [4.69, 9.17) is 4.74 Å². The zero-order valence-electron chi connectivity index (χ0n) is 12.2. The molecule has 4 nitrogen and oxygen atoms in total. The molecule has 18 heavy (non-hydrogen) atoms. The number of ether oxygens (including phenoxy) is 1. The van der Waals surface area contributed by atoms with Crippen LogP contribution in [0.2, 0.25) is 0 Å². The molecule has 0 saturated carbocycles. The second kappa shape index (κ2) is 4.82. The van der Waals surface area contributed by atoms with E-state index in [1.54, 1.807) is 0 Å². The van der Waals surface area contributed by atoms with E-state index in [2.05, 4.69) is 32.6 Å². The second-order valence-corrected chi connectivity index (χ2v) is 7.05. The largest absolute Gasteiger partial charge is 0.373 e. The maximum absolute atomic E-state index is 12.3. The molecule has 0 N–H and O–H groups in total. The molecule has 1 amide bonds. The molecule has 2 heterocycles. The highest BCUT2D eigenvalue weighted by molar-refractivity contribution is 5.78. The molecule has 2 rings (SSSR count). The third-order valence-corrected chi connectivity index (χ3v) is 3.89. The van der Waals surface area contributed by atoms with Gasteiger partial charge in [-0.1, -0.05) is 13.8 Å². The fourth-order valence-corrected chi connectivity index (χ4v) is 2.87. The van der Waals surface area contributed by atoms with Gasteiger partial charge in [0.15, 0.2) is 0 Å². The van der Waals surface area contributed by atoms with Crippen LogP contribution in [0, 0.1) is 5.41 Å². The van der Waals surface area contributed by atoms with E-state index in [0.717, 1.165) is 39.2 Å². The Hall–Kier alpha value is -0.610. The van der Waals surface area contributed by atoms with Gasteiger partial charge in [0, 0.05) is 26.2 Å². The molecule has 0 unspecified atom stereocenters. The number of rotatable bonds is 2. The lowest BCUT2D eigenvalue weighted by Gasteiger charge is -2.38. The first-order valence-corrected chi connectivity index (χ1v) is 6.92. The molecule has 0 aromatic heterocycles. The van der Waals surface area contributed by atoms with Crippen LogP contribution in [0.4, 0.5) is 0 Å². The van der Waals surface area contributed by atoms with Gasteiger partial charge in [0.2, 0.25) is 5.91 Å². The van der Waals surface area contributed by atoms with Gasteiger partial charge in [0.05, 0.1) is 18.8 Å². The fourth-order valence-electron chi connectivity index (χ4n) is 2.87. The van der Waals surface area contributed by atoms with Gasteiger partial charge in [0.1, 0.15) is 0 Å². The Morgan fingerprint density at radius 3 is 2.44 bits per heavy atom. The lowest BCUT2D eigenvalue weighted by atomic mass is 9.93. The van der Waals surface area contributed by atoms with Crippen molar-refractivity contribution < 1.29 is 9.53 Å². The summed E-state index contributed by atoms with van der Waals surface area (Å²) < 4.78 is 5.67. The standard InChI is InChI=1S/C14H26N2O2/c1-13(2)5-6-16(10-13)12(17)9-15-7-8-18-14(3,4)11-15/h5-11H2,1-4H3. The summed E-state index contributed by atoms with van der Waals surface area (Å²) in [6.07, 6.45) is 1.12. The molecule has 0 radical (unpaired) electrons. The highest BCUT2D eigenvalue weighted by Gasteiger charge is 2.34. The van der Waals surface area contributed by atoms with Gasteiger partial charge in [0.25, 0.3) is 0 Å². The maximum atomic E-state index is 12.3. The molecule has 2 aliphatic rings. The molecule has 0 aromatic carbocycles. The van der Waals surface area contributed by atoms with Crippen LogP contribution in [0.25, 0.3) is 0 Å². The number of nitrogens with zero attached hydrogens (tertiary/aromatic N) is 2. The zero-order chi connectivity index (χ0) is 13.4. The van der Waals surface area contributed by atoms with Gasteiger partial charge >= 0.3 is 0 Å². The first-order chi connectivity index (χ1) is 8.27. The number of carbonyl (C=O) groups is 1. The highest BCUT2D eigenvalue weighted by Crippen LogP contribution is 2.28. The predicted octanol–water partition coefficient (Wildman–Crippen LogP) is 1.36. The van der Waals surface area contributed by atoms with Crippen molar-refractivity contribution in [3.05, 3.63) is 0 Å². The fraction of sp³-hybridized carbons (Fsp3) is 0.929. The van der Waals surface area contributed by atoms with E-state index in [1.807, 2.05) is 4.90 Å². The van der Waals surface area contributed by atoms with Gasteiger partial charge in [-0.2, -0.15) is 0 Å². The summed E-state index contributed by atoms with van der Waals surface area (Å²) in [6.45, 7) is 13.4. The van der Waals surface area contributed by atoms with Crippen molar-refractivity contribution in [3.8, 4) is 0 Å². The summed E-state index contributed by atoms with van der Waals surface area (Å²) in [7, 11) is 0. The normalized spacial score (nSPS) is 27.4. The summed E-state index contributed by atoms with van der Waals surface area (Å²) in [5.41, 5.74) is 0.169. The van der Waals surface area contributed by atoms with Crippen LogP contribution >= 0.6 is 0 Å². The smallest absolute Gasteiger partial charge is 0.236 e. The van der Waals surface area contributed by atoms with Gasteiger partial charge in [-0.15, -0.1) is 0 Å². The molecule has 0 aromatic rings. The van der Waals surface area contributed by atoms with Crippen LogP contribution in [0.1, 0.15) is 34.1 Å². The summed E-state index contributed by atoms with van der Waals surface area (Å²) in [4.78, 5) is 16.5. The number of hydrogen-bond acceptors (Lipinski definition) is 3. The van der Waals surface area contributed by atoms with Crippen molar-refractivity contribution in [1.82, 2.24) is 9.80 Å². The van der Waals surface area contributed by atoms with Gasteiger partial charge in [-0.25, -0.2) is 0 Å². The van der Waals surface area contributed by atoms with Gasteiger partial charge in [-0.05, 0) is 25.7 Å². The van der Waals surface area contributed by atoms with Crippen LogP contribution in [0.5, 0.6) is 0 Å². The Balaban J connectivity index is 1.85. The molecule has 0 atom stereocenters. The number of amides is 1. The highest BCUT2D eigenvalue weighted by atomic mass is 16.5. The molecule has 4 heteroatoms. The number of hydrogen-bond donors (Lipinski definition) is 0. The monoisotopic (exact) mass is 254 g/mol. The molecule has 104 valence electrons. The van der Waals surface area contributed by atoms with Crippen LogP contribution in [-0.4, -0.2) is 60.6 Å². The summed E-state index contributed by atoms with van der Waals surface area (Å²) in [5, 5.41) is 0. The Morgan fingerprint density at radius 2 is 1.89 bits per heavy atom. The third kappa shape index (κ3) is 3.45. The van der Waals surface area contributed by atoms with E-state index < -0.39 is 0 Å². The van der Waals surface area contributed by atoms with Crippen LogP contribution < -0.4 is 0 Å². The molecule has 0 bridgehead atoms. The summed E-state index contributed by atoms with van der Waals surface area (Å²) >= 11 is 0. The SMILES string of the molecule is CC1(C)CCN(C(=O)CN2CCOC(C)(C)C2)C1. The van der Waals surface area contributed by atoms with Crippen LogP contribution in [0.3, 0.4) is 0 Å². The minimum atomic E-state index is -0.122. The lowest BCUT2D eigenvalue weighted by Crippen LogP contribution is -2.51. The van der Waals surface area contributed by atoms with Crippen molar-refractivity contribution >= 4 is 5.91 Å². The Morgan fingerprint density at radius 1 is 1.17 bits per heavy atom. The van der Waals surface area contributed by atoms with E-state index in [9.17, 15) is 4.79 Å². The minimum Gasteiger partial charge on any atom is -0.373 e. The Labute approximate surface area is 110 Å². The summed E-state index contributed by atoms with van der Waals surface area (Å²) in [5.74, 6) is 0.276.